The molecular formula is C28H27BrCl2N2O7. The lowest BCUT2D eigenvalue weighted by atomic mass is 9.56. The van der Waals surface area contributed by atoms with Gasteiger partial charge in [0.05, 0.1) is 17.3 Å². The molecule has 6 atom stereocenters. The Morgan fingerprint density at radius 3 is 2.50 bits per heavy atom. The predicted octanol–water partition coefficient (Wildman–Crippen LogP) is 3.70. The molecule has 2 N–H and O–H groups in total. The Labute approximate surface area is 248 Å². The van der Waals surface area contributed by atoms with E-state index < -0.39 is 63.0 Å². The number of carboxylic acid groups (broad SMARTS) is 1. The fraction of sp³-hybridized carbons (Fsp3) is 0.464. The van der Waals surface area contributed by atoms with E-state index in [0.29, 0.717) is 23.1 Å². The number of halogens is 3. The third-order valence-electron chi connectivity index (χ3n) is 8.70. The topological polar surface area (TPSA) is 132 Å². The summed E-state index contributed by atoms with van der Waals surface area (Å²) in [6.45, 7) is 3.69. The Hall–Kier alpha value is -2.69. The first-order valence-electron chi connectivity index (χ1n) is 12.9. The number of aliphatic carboxylic acids is 1. The Morgan fingerprint density at radius 2 is 1.85 bits per heavy atom. The summed E-state index contributed by atoms with van der Waals surface area (Å²) in [5, 5.41) is 20.4. The van der Waals surface area contributed by atoms with Gasteiger partial charge in [-0.2, -0.15) is 0 Å². The molecule has 5 rings (SSSR count). The number of rotatable bonds is 8. The molecule has 9 nitrogen and oxygen atoms in total. The molecule has 3 fully saturated rings. The van der Waals surface area contributed by atoms with Crippen molar-refractivity contribution in [1.82, 2.24) is 9.80 Å². The average molecular weight is 654 g/mol. The molecule has 212 valence electrons. The van der Waals surface area contributed by atoms with Crippen LogP contribution in [0.1, 0.15) is 42.7 Å². The lowest BCUT2D eigenvalue weighted by Gasteiger charge is -2.50. The molecular weight excluding hydrogens is 627 g/mol. The number of fused-ring (bicyclic) bond motifs is 4. The number of imide groups is 2. The molecule has 4 amide bonds. The molecule has 2 aliphatic heterocycles. The van der Waals surface area contributed by atoms with E-state index in [0.717, 1.165) is 9.80 Å². The zero-order valence-corrected chi connectivity index (χ0v) is 24.4. The highest BCUT2D eigenvalue weighted by Gasteiger charge is 2.76. The summed E-state index contributed by atoms with van der Waals surface area (Å²) in [7, 11) is 0. The van der Waals surface area contributed by atoms with E-state index in [-0.39, 0.29) is 43.4 Å². The van der Waals surface area contributed by atoms with Crippen molar-refractivity contribution in [1.29, 1.82) is 0 Å². The quantitative estimate of drug-likeness (QED) is 0.189. The zero-order chi connectivity index (χ0) is 29.1. The van der Waals surface area contributed by atoms with E-state index in [4.69, 9.17) is 28.3 Å². The van der Waals surface area contributed by atoms with Crippen molar-refractivity contribution in [3.63, 3.8) is 0 Å². The Kier molecular flexibility index (Phi) is 7.42. The van der Waals surface area contributed by atoms with Gasteiger partial charge in [-0.1, -0.05) is 51.9 Å². The fourth-order valence-corrected chi connectivity index (χ4v) is 8.35. The number of alkyl halides is 3. The van der Waals surface area contributed by atoms with E-state index in [1.807, 2.05) is 0 Å². The monoisotopic (exact) mass is 652 g/mol. The number of carbonyl (C=O) groups is 5. The summed E-state index contributed by atoms with van der Waals surface area (Å²) < 4.78 is 0. The minimum absolute atomic E-state index is 0.0346. The number of aromatic hydroxyl groups is 1. The smallest absolute Gasteiger partial charge is 0.303 e. The van der Waals surface area contributed by atoms with Crippen LogP contribution in [0.2, 0.25) is 0 Å². The molecule has 0 radical (unpaired) electrons. The zero-order valence-electron chi connectivity index (χ0n) is 21.3. The number of carboxylic acids is 1. The lowest BCUT2D eigenvalue weighted by Crippen LogP contribution is -2.60. The molecule has 4 aliphatic rings. The van der Waals surface area contributed by atoms with Crippen LogP contribution in [0.15, 0.2) is 42.5 Å². The van der Waals surface area contributed by atoms with Gasteiger partial charge in [-0.05, 0) is 37.2 Å². The molecule has 2 heterocycles. The summed E-state index contributed by atoms with van der Waals surface area (Å²) in [5.74, 6) is -6.80. The van der Waals surface area contributed by atoms with Crippen LogP contribution in [0, 0.1) is 17.8 Å². The first kappa shape index (κ1) is 28.8. The normalized spacial score (nSPS) is 33.0. The lowest BCUT2D eigenvalue weighted by molar-refractivity contribution is -0.142. The van der Waals surface area contributed by atoms with E-state index >= 15 is 0 Å². The molecule has 0 bridgehead atoms. The van der Waals surface area contributed by atoms with Gasteiger partial charge in [0, 0.05) is 24.4 Å². The number of hydrogen-bond acceptors (Lipinski definition) is 6. The van der Waals surface area contributed by atoms with Crippen molar-refractivity contribution in [2.45, 2.75) is 47.8 Å². The number of para-hydroxylation sites is 1. The molecule has 2 aliphatic carbocycles. The van der Waals surface area contributed by atoms with Gasteiger partial charge in [0.2, 0.25) is 11.8 Å². The molecule has 1 aromatic rings. The SMILES string of the molecule is C=CCc1cccc(C2C3=CCC4C(=O)N(CCCC(=O)O)C(=O)C4C3CC3(Cl)C(=O)N(CBr)C(=O)C23Cl)c1O. The second kappa shape index (κ2) is 10.3. The molecule has 2 saturated heterocycles. The van der Waals surface area contributed by atoms with Gasteiger partial charge in [0.25, 0.3) is 11.8 Å². The molecule has 12 heteroatoms. The first-order valence-corrected chi connectivity index (χ1v) is 14.8. The molecule has 0 spiro atoms. The molecule has 6 unspecified atom stereocenters. The Morgan fingerprint density at radius 1 is 1.12 bits per heavy atom. The van der Waals surface area contributed by atoms with Gasteiger partial charge >= 0.3 is 5.97 Å². The summed E-state index contributed by atoms with van der Waals surface area (Å²) in [4.78, 5) is 63.5. The van der Waals surface area contributed by atoms with Crippen LogP contribution in [0.5, 0.6) is 5.75 Å². The van der Waals surface area contributed by atoms with Crippen LogP contribution in [-0.2, 0) is 30.4 Å². The standard InChI is InChI=1S/C28H27BrCl2N2O7/c1-2-5-14-6-3-7-17(22(14)36)21-15-9-10-16-20(24(38)32(23(16)37)11-4-8-19(34)35)18(15)12-27(30)25(39)33(13-29)26(40)28(21,27)31/h2-3,6-7,9,16,18,20-21,36H,1,4-5,8,10-13H2,(H,34,35). The third kappa shape index (κ3) is 3.89. The third-order valence-corrected chi connectivity index (χ3v) is 10.6. The average Bonchev–Trinajstić information content (AvgIpc) is 3.23. The minimum atomic E-state index is -2.01. The van der Waals surface area contributed by atoms with Gasteiger partial charge < -0.3 is 10.2 Å². The van der Waals surface area contributed by atoms with E-state index in [9.17, 15) is 29.1 Å². The van der Waals surface area contributed by atoms with Crippen LogP contribution in [0.25, 0.3) is 0 Å². The van der Waals surface area contributed by atoms with Gasteiger partial charge in [-0.3, -0.25) is 33.8 Å². The summed E-state index contributed by atoms with van der Waals surface area (Å²) in [6.07, 6.45) is 3.68. The van der Waals surface area contributed by atoms with Gasteiger partial charge in [-0.15, -0.1) is 29.8 Å². The van der Waals surface area contributed by atoms with E-state index in [2.05, 4.69) is 22.5 Å². The first-order chi connectivity index (χ1) is 18.9. The highest BCUT2D eigenvalue weighted by Crippen LogP contribution is 2.66. The van der Waals surface area contributed by atoms with Crippen molar-refractivity contribution >= 4 is 68.7 Å². The molecule has 40 heavy (non-hydrogen) atoms. The summed E-state index contributed by atoms with van der Waals surface area (Å²) >= 11 is 17.5. The number of likely N-dealkylation sites (tertiary alicyclic amines) is 2. The maximum atomic E-state index is 13.8. The second-order valence-electron chi connectivity index (χ2n) is 10.7. The molecule has 1 aromatic carbocycles. The molecule has 1 saturated carbocycles. The number of benzene rings is 1. The van der Waals surface area contributed by atoms with Crippen LogP contribution < -0.4 is 0 Å². The predicted molar refractivity (Wildman–Crippen MR) is 149 cm³/mol. The Balaban J connectivity index is 1.65. The number of phenols is 1. The number of allylic oxidation sites excluding steroid dienone is 3. The minimum Gasteiger partial charge on any atom is -0.507 e. The number of carbonyl (C=O) groups excluding carboxylic acids is 4. The van der Waals surface area contributed by atoms with Crippen LogP contribution in [0.3, 0.4) is 0 Å². The van der Waals surface area contributed by atoms with Crippen LogP contribution in [0.4, 0.5) is 0 Å². The number of nitrogens with zero attached hydrogens (tertiary/aromatic N) is 2. The van der Waals surface area contributed by atoms with Crippen molar-refractivity contribution in [2.75, 3.05) is 12.0 Å². The van der Waals surface area contributed by atoms with Gasteiger partial charge in [0.15, 0.2) is 9.75 Å². The highest BCUT2D eigenvalue weighted by molar-refractivity contribution is 9.09. The van der Waals surface area contributed by atoms with Crippen LogP contribution >= 0.6 is 39.1 Å². The summed E-state index contributed by atoms with van der Waals surface area (Å²) in [5.41, 5.74) is 1.26. The summed E-state index contributed by atoms with van der Waals surface area (Å²) in [6, 6.07) is 5.04. The number of amides is 4. The van der Waals surface area contributed by atoms with Crippen molar-refractivity contribution < 1.29 is 34.2 Å². The highest BCUT2D eigenvalue weighted by atomic mass is 79.9. The van der Waals surface area contributed by atoms with Gasteiger partial charge in [0.1, 0.15) is 5.75 Å². The Bertz CT molecular complexity index is 1380. The van der Waals surface area contributed by atoms with E-state index in [1.165, 1.54) is 0 Å². The van der Waals surface area contributed by atoms with Crippen molar-refractivity contribution in [3.05, 3.63) is 53.6 Å². The fourth-order valence-electron chi connectivity index (χ4n) is 6.94. The van der Waals surface area contributed by atoms with E-state index in [1.54, 1.807) is 30.4 Å². The van der Waals surface area contributed by atoms with Crippen molar-refractivity contribution in [3.8, 4) is 5.75 Å². The van der Waals surface area contributed by atoms with Crippen molar-refractivity contribution in [2.24, 2.45) is 17.8 Å². The number of hydrogen-bond donors (Lipinski definition) is 2. The van der Waals surface area contributed by atoms with Crippen LogP contribution in [-0.4, -0.2) is 71.4 Å². The van der Waals surface area contributed by atoms with Gasteiger partial charge in [-0.25, -0.2) is 0 Å². The maximum absolute atomic E-state index is 13.8. The molecule has 0 aromatic heterocycles. The number of phenolic OH excluding ortho intramolecular Hbond substituents is 1. The largest absolute Gasteiger partial charge is 0.507 e. The maximum Gasteiger partial charge on any atom is 0.303 e. The second-order valence-corrected chi connectivity index (χ2v) is 12.4.